The van der Waals surface area contributed by atoms with Gasteiger partial charge in [-0.1, -0.05) is 25.4 Å². The third kappa shape index (κ3) is 3.47. The van der Waals surface area contributed by atoms with E-state index in [0.717, 1.165) is 12.8 Å². The van der Waals surface area contributed by atoms with Gasteiger partial charge in [-0.05, 0) is 61.3 Å². The first kappa shape index (κ1) is 18.1. The van der Waals surface area contributed by atoms with Crippen LogP contribution < -0.4 is 10.6 Å². The second-order valence-corrected chi connectivity index (χ2v) is 8.02. The summed E-state index contributed by atoms with van der Waals surface area (Å²) in [6.45, 7) is 6.61. The normalized spacial score (nSPS) is 29.3. The van der Waals surface area contributed by atoms with Gasteiger partial charge in [0.15, 0.2) is 0 Å². The van der Waals surface area contributed by atoms with Crippen LogP contribution in [0.1, 0.15) is 33.6 Å². The van der Waals surface area contributed by atoms with Gasteiger partial charge >= 0.3 is 12.0 Å². The van der Waals surface area contributed by atoms with Crippen molar-refractivity contribution in [1.82, 2.24) is 5.32 Å². The predicted molar refractivity (Wildman–Crippen MR) is 97.5 cm³/mol. The molecule has 1 unspecified atom stereocenters. The molecule has 3 fully saturated rings. The number of carbonyl (C=O) groups excluding carboxylic acids is 2. The van der Waals surface area contributed by atoms with E-state index in [1.165, 1.54) is 0 Å². The zero-order valence-electron chi connectivity index (χ0n) is 14.8. The van der Waals surface area contributed by atoms with Crippen molar-refractivity contribution in [1.29, 1.82) is 0 Å². The molecule has 0 spiro atoms. The van der Waals surface area contributed by atoms with Crippen molar-refractivity contribution < 1.29 is 14.3 Å². The molecule has 0 aromatic heterocycles. The van der Waals surface area contributed by atoms with Crippen LogP contribution in [0.4, 0.5) is 10.5 Å². The fourth-order valence-electron chi connectivity index (χ4n) is 4.34. The van der Waals surface area contributed by atoms with Crippen molar-refractivity contribution in [3.8, 4) is 0 Å². The number of hydrogen-bond donors (Lipinski definition) is 2. The lowest BCUT2D eigenvalue weighted by Crippen LogP contribution is -2.65. The van der Waals surface area contributed by atoms with Crippen LogP contribution in [-0.4, -0.2) is 24.6 Å². The Bertz CT molecular complexity index is 659. The summed E-state index contributed by atoms with van der Waals surface area (Å²) in [5, 5.41) is 6.46. The number of benzene rings is 1. The van der Waals surface area contributed by atoms with Gasteiger partial charge in [-0.15, -0.1) is 0 Å². The highest BCUT2D eigenvalue weighted by molar-refractivity contribution is 6.30. The van der Waals surface area contributed by atoms with Crippen LogP contribution >= 0.6 is 11.6 Å². The Morgan fingerprint density at radius 2 is 1.92 bits per heavy atom. The fourth-order valence-corrected chi connectivity index (χ4v) is 4.47. The van der Waals surface area contributed by atoms with E-state index in [-0.39, 0.29) is 35.3 Å². The lowest BCUT2D eigenvalue weighted by molar-refractivity contribution is -0.166. The minimum atomic E-state index is -0.303. The molecule has 1 aromatic rings. The van der Waals surface area contributed by atoms with Crippen LogP contribution in [0.15, 0.2) is 24.3 Å². The molecule has 0 heterocycles. The smallest absolute Gasteiger partial charge is 0.319 e. The zero-order valence-corrected chi connectivity index (χ0v) is 15.6. The highest BCUT2D eigenvalue weighted by Gasteiger charge is 2.59. The molecule has 0 radical (unpaired) electrons. The number of halogens is 1. The van der Waals surface area contributed by atoms with Crippen LogP contribution in [-0.2, 0) is 9.53 Å². The van der Waals surface area contributed by atoms with E-state index in [4.69, 9.17) is 16.3 Å². The van der Waals surface area contributed by atoms with Crippen molar-refractivity contribution in [2.45, 2.75) is 39.7 Å². The standard InChI is InChI=1S/C19H25ClN2O3/c1-4-25-17(23)14-9-11-10-15(19(11,2)3)16(14)22-18(24)21-13-7-5-12(20)6-8-13/h5-8,11,14-16H,4,9-10H2,1-3H3,(H2,21,22,24)/t11?,14-,15+,16+/m1/s1. The molecule has 2 amide bonds. The lowest BCUT2D eigenvalue weighted by atomic mass is 9.45. The van der Waals surface area contributed by atoms with Gasteiger partial charge < -0.3 is 15.4 Å². The van der Waals surface area contributed by atoms with Crippen LogP contribution in [0.2, 0.25) is 5.02 Å². The molecule has 4 rings (SSSR count). The van der Waals surface area contributed by atoms with Crippen molar-refractivity contribution in [2.75, 3.05) is 11.9 Å². The van der Waals surface area contributed by atoms with Crippen molar-refractivity contribution in [2.24, 2.45) is 23.2 Å². The molecule has 0 aliphatic heterocycles. The number of nitrogens with one attached hydrogen (secondary N) is 2. The number of fused-ring (bicyclic) bond motifs is 2. The highest BCUT2D eigenvalue weighted by atomic mass is 35.5. The second kappa shape index (κ2) is 6.87. The zero-order chi connectivity index (χ0) is 18.2. The topological polar surface area (TPSA) is 67.4 Å². The first-order valence-electron chi connectivity index (χ1n) is 8.82. The summed E-state index contributed by atoms with van der Waals surface area (Å²) in [7, 11) is 0. The molecule has 2 bridgehead atoms. The fraction of sp³-hybridized carbons (Fsp3) is 0.579. The Kier molecular flexibility index (Phi) is 4.96. The number of hydrogen-bond acceptors (Lipinski definition) is 3. The van der Waals surface area contributed by atoms with Crippen molar-refractivity contribution >= 4 is 29.3 Å². The summed E-state index contributed by atoms with van der Waals surface area (Å²) in [5.41, 5.74) is 0.803. The van der Waals surface area contributed by atoms with Crippen LogP contribution in [0.25, 0.3) is 0 Å². The molecule has 6 heteroatoms. The molecular weight excluding hydrogens is 340 g/mol. The van der Waals surface area contributed by atoms with Crippen LogP contribution in [0.5, 0.6) is 0 Å². The maximum absolute atomic E-state index is 12.5. The van der Waals surface area contributed by atoms with Gasteiger partial charge in [-0.2, -0.15) is 0 Å². The molecule has 1 aromatic carbocycles. The second-order valence-electron chi connectivity index (χ2n) is 7.59. The third-order valence-electron chi connectivity index (χ3n) is 5.94. The number of rotatable bonds is 4. The maximum atomic E-state index is 12.5. The minimum Gasteiger partial charge on any atom is -0.466 e. The average molecular weight is 365 g/mol. The number of carbonyl (C=O) groups is 2. The first-order chi connectivity index (χ1) is 11.8. The summed E-state index contributed by atoms with van der Waals surface area (Å²) in [5.74, 6) is 0.332. The van der Waals surface area contributed by atoms with Crippen molar-refractivity contribution in [3.63, 3.8) is 0 Å². The molecule has 3 aliphatic carbocycles. The summed E-state index contributed by atoms with van der Waals surface area (Å²) in [4.78, 5) is 24.8. The van der Waals surface area contributed by atoms with Gasteiger partial charge in [0.05, 0.1) is 12.5 Å². The quantitative estimate of drug-likeness (QED) is 0.791. The van der Waals surface area contributed by atoms with E-state index < -0.39 is 0 Å². The Labute approximate surface area is 153 Å². The van der Waals surface area contributed by atoms with Crippen LogP contribution in [0.3, 0.4) is 0 Å². The minimum absolute atomic E-state index is 0.140. The molecule has 4 atom stereocenters. The maximum Gasteiger partial charge on any atom is 0.319 e. The van der Waals surface area contributed by atoms with E-state index in [2.05, 4.69) is 24.5 Å². The van der Waals surface area contributed by atoms with E-state index in [0.29, 0.717) is 23.2 Å². The molecular formula is C19H25ClN2O3. The monoisotopic (exact) mass is 364 g/mol. The summed E-state index contributed by atoms with van der Waals surface area (Å²) >= 11 is 5.86. The van der Waals surface area contributed by atoms with E-state index in [1.54, 1.807) is 31.2 Å². The Hall–Kier alpha value is -1.75. The van der Waals surface area contributed by atoms with Gasteiger partial charge in [-0.25, -0.2) is 4.79 Å². The van der Waals surface area contributed by atoms with Gasteiger partial charge in [0, 0.05) is 16.8 Å². The molecule has 2 N–H and O–H groups in total. The van der Waals surface area contributed by atoms with Gasteiger partial charge in [-0.3, -0.25) is 4.79 Å². The van der Waals surface area contributed by atoms with Gasteiger partial charge in [0.2, 0.25) is 0 Å². The number of esters is 1. The lowest BCUT2D eigenvalue weighted by Gasteiger charge is -2.61. The Morgan fingerprint density at radius 1 is 1.24 bits per heavy atom. The molecule has 3 aliphatic rings. The van der Waals surface area contributed by atoms with E-state index >= 15 is 0 Å². The van der Waals surface area contributed by atoms with E-state index in [9.17, 15) is 9.59 Å². The molecule has 5 nitrogen and oxygen atoms in total. The van der Waals surface area contributed by atoms with Gasteiger partial charge in [0.1, 0.15) is 0 Å². The Morgan fingerprint density at radius 3 is 2.52 bits per heavy atom. The van der Waals surface area contributed by atoms with Gasteiger partial charge in [0.25, 0.3) is 0 Å². The first-order valence-corrected chi connectivity index (χ1v) is 9.20. The summed E-state index contributed by atoms with van der Waals surface area (Å²) in [6.07, 6.45) is 1.82. The summed E-state index contributed by atoms with van der Waals surface area (Å²) < 4.78 is 5.24. The molecule has 136 valence electrons. The Balaban J connectivity index is 1.70. The molecule has 25 heavy (non-hydrogen) atoms. The number of amides is 2. The summed E-state index contributed by atoms with van der Waals surface area (Å²) in [6, 6.07) is 6.43. The SMILES string of the molecule is CCOC(=O)[C@@H]1CC2C[C@@H]([C@H]1NC(=O)Nc1ccc(Cl)cc1)C2(C)C. The highest BCUT2D eigenvalue weighted by Crippen LogP contribution is 2.60. The number of ether oxygens (including phenoxy) is 1. The average Bonchev–Trinajstić information content (AvgIpc) is 2.56. The largest absolute Gasteiger partial charge is 0.466 e. The number of anilines is 1. The number of urea groups is 1. The van der Waals surface area contributed by atoms with Crippen molar-refractivity contribution in [3.05, 3.63) is 29.3 Å². The molecule has 0 saturated heterocycles. The van der Waals surface area contributed by atoms with Crippen LogP contribution in [0, 0.1) is 23.2 Å². The predicted octanol–water partition coefficient (Wildman–Crippen LogP) is 4.08. The van der Waals surface area contributed by atoms with E-state index in [1.807, 2.05) is 0 Å². The molecule has 3 saturated carbocycles. The third-order valence-corrected chi connectivity index (χ3v) is 6.19.